The molecule has 0 saturated heterocycles. The van der Waals surface area contributed by atoms with Crippen LogP contribution in [0.3, 0.4) is 0 Å². The highest BCUT2D eigenvalue weighted by Gasteiger charge is 2.45. The predicted molar refractivity (Wildman–Crippen MR) is 82.1 cm³/mol. The number of halogens is 4. The van der Waals surface area contributed by atoms with Crippen molar-refractivity contribution in [3.63, 3.8) is 0 Å². The fourth-order valence-electron chi connectivity index (χ4n) is 1.90. The van der Waals surface area contributed by atoms with E-state index in [1.54, 1.807) is 6.08 Å². The first kappa shape index (κ1) is 18.0. The van der Waals surface area contributed by atoms with Crippen molar-refractivity contribution in [2.45, 2.75) is 4.75 Å². The van der Waals surface area contributed by atoms with Crippen LogP contribution in [0, 0.1) is 0 Å². The van der Waals surface area contributed by atoms with Crippen molar-refractivity contribution in [3.05, 3.63) is 84.4 Å². The highest BCUT2D eigenvalue weighted by Crippen LogP contribution is 2.32. The van der Waals surface area contributed by atoms with Crippen LogP contribution >= 0.6 is 0 Å². The summed E-state index contributed by atoms with van der Waals surface area (Å²) in [5, 5.41) is 0. The van der Waals surface area contributed by atoms with E-state index in [9.17, 15) is 21.5 Å². The molecule has 22 heavy (non-hydrogen) atoms. The third-order valence-electron chi connectivity index (χ3n) is 2.82. The third-order valence-corrected chi connectivity index (χ3v) is 3.73. The first-order valence-corrected chi connectivity index (χ1v) is 7.00. The smallest absolute Gasteiger partial charge is 0.418 e. The van der Waals surface area contributed by atoms with Gasteiger partial charge in [0.05, 0.1) is 0 Å². The molecule has 0 aliphatic heterocycles. The van der Waals surface area contributed by atoms with Crippen molar-refractivity contribution in [2.75, 3.05) is 0 Å². The molecule has 2 aromatic carbocycles. The Labute approximate surface area is 130 Å². The number of benzene rings is 2. The van der Waals surface area contributed by atoms with Crippen LogP contribution in [0.5, 0.6) is 0 Å². The molecule has 0 unspecified atom stereocenters. The van der Waals surface area contributed by atoms with Crippen LogP contribution < -0.4 is 0 Å². The first-order chi connectivity index (χ1) is 10.3. The highest BCUT2D eigenvalue weighted by molar-refractivity contribution is 7.67. The minimum Gasteiger partial charge on any atom is -0.418 e. The molecular formula is C15H13BF4OS. The van der Waals surface area contributed by atoms with Gasteiger partial charge in [-0.25, -0.2) is 0 Å². The Morgan fingerprint density at radius 1 is 0.864 bits per heavy atom. The molecule has 0 aliphatic carbocycles. The monoisotopic (exact) mass is 328 g/mol. The van der Waals surface area contributed by atoms with Crippen LogP contribution in [0.4, 0.5) is 17.3 Å². The first-order valence-electron chi connectivity index (χ1n) is 6.26. The van der Waals surface area contributed by atoms with Gasteiger partial charge in [0.1, 0.15) is 0 Å². The fourth-order valence-corrected chi connectivity index (χ4v) is 2.44. The Kier molecular flexibility index (Phi) is 6.43. The summed E-state index contributed by atoms with van der Waals surface area (Å²) >= 11 is 0.556. The molecule has 116 valence electrons. The average Bonchev–Trinajstić information content (AvgIpc) is 2.50. The van der Waals surface area contributed by atoms with Gasteiger partial charge in [-0.1, -0.05) is 67.2 Å². The maximum absolute atomic E-state index is 11.6. The second-order valence-electron chi connectivity index (χ2n) is 4.25. The van der Waals surface area contributed by atoms with Crippen LogP contribution in [-0.4, -0.2) is 7.25 Å². The summed E-state index contributed by atoms with van der Waals surface area (Å²) in [6, 6.07) is 19.5. The summed E-state index contributed by atoms with van der Waals surface area (Å²) in [5.41, 5.74) is 1.92. The maximum Gasteiger partial charge on any atom is 0.673 e. The average molecular weight is 328 g/mol. The lowest BCUT2D eigenvalue weighted by atomic mass is 9.90. The normalized spacial score (nSPS) is 11.1. The lowest BCUT2D eigenvalue weighted by molar-refractivity contribution is 0.368. The van der Waals surface area contributed by atoms with Crippen LogP contribution in [0.1, 0.15) is 11.1 Å². The van der Waals surface area contributed by atoms with Crippen molar-refractivity contribution in [1.29, 1.82) is 0 Å². The Balaban J connectivity index is 0.000000422. The second-order valence-corrected chi connectivity index (χ2v) is 5.06. The van der Waals surface area contributed by atoms with Crippen molar-refractivity contribution in [1.82, 2.24) is 0 Å². The van der Waals surface area contributed by atoms with E-state index in [0.717, 1.165) is 11.1 Å². The van der Waals surface area contributed by atoms with Crippen LogP contribution in [0.25, 0.3) is 0 Å². The van der Waals surface area contributed by atoms with E-state index in [1.807, 2.05) is 60.7 Å². The van der Waals surface area contributed by atoms with E-state index in [4.69, 9.17) is 0 Å². The number of hydrogen-bond acceptors (Lipinski definition) is 1. The molecule has 0 spiro atoms. The summed E-state index contributed by atoms with van der Waals surface area (Å²) in [6.07, 6.45) is 1.72. The van der Waals surface area contributed by atoms with Crippen molar-refractivity contribution in [2.24, 2.45) is 0 Å². The molecule has 2 rings (SSSR count). The molecule has 0 amide bonds. The molecule has 0 aromatic heterocycles. The fraction of sp³-hybridized carbons (Fsp3) is 0.0667. The van der Waals surface area contributed by atoms with Crippen LogP contribution in [0.15, 0.2) is 73.3 Å². The zero-order chi connectivity index (χ0) is 16.6. The molecule has 0 heterocycles. The van der Waals surface area contributed by atoms with Crippen molar-refractivity contribution >= 4 is 18.9 Å². The van der Waals surface area contributed by atoms with Crippen LogP contribution in [-0.2, 0) is 20.6 Å². The van der Waals surface area contributed by atoms with E-state index in [1.165, 1.54) is 0 Å². The lowest BCUT2D eigenvalue weighted by Crippen LogP contribution is -2.23. The Bertz CT molecular complexity index is 546. The zero-order valence-corrected chi connectivity index (χ0v) is 12.3. The molecule has 0 aliphatic rings. The molecule has 7 heteroatoms. The van der Waals surface area contributed by atoms with Gasteiger partial charge in [-0.05, 0) is 6.08 Å². The van der Waals surface area contributed by atoms with Crippen LogP contribution in [0.2, 0.25) is 0 Å². The van der Waals surface area contributed by atoms with Gasteiger partial charge < -0.3 is 17.3 Å². The van der Waals surface area contributed by atoms with Gasteiger partial charge in [0.25, 0.3) is 0 Å². The van der Waals surface area contributed by atoms with E-state index in [-0.39, 0.29) is 0 Å². The number of hydrogen-bond donors (Lipinski definition) is 0. The molecule has 0 atom stereocenters. The van der Waals surface area contributed by atoms with E-state index in [0.29, 0.717) is 11.7 Å². The maximum atomic E-state index is 11.6. The number of rotatable bonds is 4. The molecule has 2 aromatic rings. The molecule has 0 radical (unpaired) electrons. The Morgan fingerprint density at radius 2 is 1.18 bits per heavy atom. The third kappa shape index (κ3) is 5.07. The Morgan fingerprint density at radius 3 is 1.41 bits per heavy atom. The zero-order valence-electron chi connectivity index (χ0n) is 11.5. The summed E-state index contributed by atoms with van der Waals surface area (Å²) < 4.78 is 49.9. The van der Waals surface area contributed by atoms with Gasteiger partial charge in [-0.3, -0.25) is 0 Å². The van der Waals surface area contributed by atoms with Gasteiger partial charge in [-0.2, -0.15) is 0 Å². The quantitative estimate of drug-likeness (QED) is 0.340. The van der Waals surface area contributed by atoms with Gasteiger partial charge in [0.15, 0.2) is 0 Å². The van der Waals surface area contributed by atoms with Gasteiger partial charge in [0, 0.05) is 15.3 Å². The van der Waals surface area contributed by atoms with Crippen molar-refractivity contribution < 1.29 is 21.5 Å². The summed E-state index contributed by atoms with van der Waals surface area (Å²) in [4.78, 5) is 0. The summed E-state index contributed by atoms with van der Waals surface area (Å²) in [5.74, 6) is 0. The lowest BCUT2D eigenvalue weighted by Gasteiger charge is -2.13. The predicted octanol–water partition coefficient (Wildman–Crippen LogP) is 4.84. The van der Waals surface area contributed by atoms with E-state index in [2.05, 4.69) is 6.58 Å². The van der Waals surface area contributed by atoms with Gasteiger partial charge in [-0.15, -0.1) is 0 Å². The van der Waals surface area contributed by atoms with Crippen molar-refractivity contribution in [3.8, 4) is 0 Å². The molecule has 1 nitrogen and oxygen atoms in total. The molecule has 0 fully saturated rings. The molecular weight excluding hydrogens is 315 g/mol. The van der Waals surface area contributed by atoms with Gasteiger partial charge >= 0.3 is 23.7 Å². The van der Waals surface area contributed by atoms with E-state index >= 15 is 0 Å². The Hall–Kier alpha value is -2.02. The standard InChI is InChI=1S/C15H13OS.BF4/c1-2-15(17-16,13-9-5-3-6-10-13)14-11-7-4-8-12-14;2-1(3,4)5/h2-12H,1H2;/q+1;-1. The molecule has 0 bridgehead atoms. The minimum absolute atomic E-state index is 0.556. The molecule has 0 saturated carbocycles. The second kappa shape index (κ2) is 7.84. The SMILES string of the molecule is C=CC([S+]=O)(c1ccccc1)c1ccccc1.F[B-](F)(F)F. The highest BCUT2D eigenvalue weighted by atomic mass is 32.1. The largest absolute Gasteiger partial charge is 0.673 e. The molecule has 0 N–H and O–H groups in total. The summed E-state index contributed by atoms with van der Waals surface area (Å²) in [7, 11) is -6.00. The summed E-state index contributed by atoms with van der Waals surface area (Å²) in [6.45, 7) is 3.84. The van der Waals surface area contributed by atoms with E-state index < -0.39 is 12.0 Å². The topological polar surface area (TPSA) is 17.1 Å². The minimum atomic E-state index is -6.00. The van der Waals surface area contributed by atoms with Gasteiger partial charge in [0.2, 0.25) is 0 Å².